The third-order valence-electron chi connectivity index (χ3n) is 3.49. The third-order valence-corrected chi connectivity index (χ3v) is 3.49. The molecule has 0 saturated carbocycles. The first-order chi connectivity index (χ1) is 8.66. The Balaban J connectivity index is 2.41. The van der Waals surface area contributed by atoms with Crippen molar-refractivity contribution in [1.82, 2.24) is 4.98 Å². The summed E-state index contributed by atoms with van der Waals surface area (Å²) in [5, 5.41) is 8.41. The molecule has 1 aliphatic carbocycles. The van der Waals surface area contributed by atoms with Gasteiger partial charge in [-0.3, -0.25) is 10.4 Å². The van der Waals surface area contributed by atoms with Crippen LogP contribution in [0.3, 0.4) is 0 Å². The smallest absolute Gasteiger partial charge is 0.123 e. The van der Waals surface area contributed by atoms with Gasteiger partial charge in [-0.05, 0) is 49.4 Å². The molecule has 3 nitrogen and oxygen atoms in total. The number of nitrogens with two attached hydrogens (primary N) is 1. The number of benzene rings is 1. The van der Waals surface area contributed by atoms with Crippen LogP contribution in [0.1, 0.15) is 29.7 Å². The van der Waals surface area contributed by atoms with E-state index in [4.69, 9.17) is 11.1 Å². The number of fused-ring (bicyclic) bond motifs is 2. The summed E-state index contributed by atoms with van der Waals surface area (Å²) in [5.41, 5.74) is 9.14. The van der Waals surface area contributed by atoms with E-state index < -0.39 is 0 Å². The van der Waals surface area contributed by atoms with E-state index in [9.17, 15) is 4.39 Å². The fraction of sp³-hybridized carbons (Fsp3) is 0.286. The predicted molar refractivity (Wildman–Crippen MR) is 69.4 cm³/mol. The molecule has 18 heavy (non-hydrogen) atoms. The largest absolute Gasteiger partial charge is 0.384 e. The number of amidine groups is 1. The molecule has 0 aliphatic heterocycles. The number of aromatic nitrogens is 1. The van der Waals surface area contributed by atoms with Crippen LogP contribution in [0.5, 0.6) is 0 Å². The van der Waals surface area contributed by atoms with Crippen molar-refractivity contribution < 1.29 is 4.39 Å². The number of halogens is 1. The van der Waals surface area contributed by atoms with Crippen molar-refractivity contribution in [2.24, 2.45) is 5.73 Å². The highest BCUT2D eigenvalue weighted by molar-refractivity contribution is 6.08. The molecule has 0 atom stereocenters. The van der Waals surface area contributed by atoms with Crippen LogP contribution in [0, 0.1) is 11.2 Å². The zero-order chi connectivity index (χ0) is 12.7. The number of aryl methyl sites for hydroxylation is 1. The lowest BCUT2D eigenvalue weighted by atomic mass is 9.89. The van der Waals surface area contributed by atoms with Crippen LogP contribution in [0.15, 0.2) is 18.2 Å². The summed E-state index contributed by atoms with van der Waals surface area (Å²) in [6.07, 6.45) is 3.99. The Bertz CT molecular complexity index is 649. The third kappa shape index (κ3) is 1.65. The van der Waals surface area contributed by atoms with Crippen LogP contribution in [-0.2, 0) is 12.8 Å². The lowest BCUT2D eigenvalue weighted by molar-refractivity contribution is 0.629. The molecule has 0 spiro atoms. The van der Waals surface area contributed by atoms with Crippen LogP contribution >= 0.6 is 0 Å². The van der Waals surface area contributed by atoms with E-state index in [0.717, 1.165) is 42.5 Å². The lowest BCUT2D eigenvalue weighted by Gasteiger charge is -2.20. The molecule has 2 aromatic rings. The summed E-state index contributed by atoms with van der Waals surface area (Å²) >= 11 is 0. The Kier molecular flexibility index (Phi) is 2.51. The zero-order valence-electron chi connectivity index (χ0n) is 9.96. The van der Waals surface area contributed by atoms with E-state index in [2.05, 4.69) is 4.98 Å². The van der Waals surface area contributed by atoms with E-state index in [0.29, 0.717) is 10.9 Å². The molecular weight excluding hydrogens is 229 g/mol. The molecule has 0 saturated heterocycles. The second kappa shape index (κ2) is 4.05. The maximum absolute atomic E-state index is 13.4. The highest BCUT2D eigenvalue weighted by atomic mass is 19.1. The van der Waals surface area contributed by atoms with Gasteiger partial charge in [-0.2, -0.15) is 0 Å². The minimum Gasteiger partial charge on any atom is -0.384 e. The van der Waals surface area contributed by atoms with Gasteiger partial charge in [-0.15, -0.1) is 0 Å². The van der Waals surface area contributed by atoms with Crippen molar-refractivity contribution in [2.75, 3.05) is 0 Å². The van der Waals surface area contributed by atoms with E-state index in [1.165, 1.54) is 12.1 Å². The molecule has 1 aromatic heterocycles. The second-order valence-electron chi connectivity index (χ2n) is 4.69. The monoisotopic (exact) mass is 243 g/mol. The van der Waals surface area contributed by atoms with E-state index in [1.54, 1.807) is 6.07 Å². The van der Waals surface area contributed by atoms with Crippen molar-refractivity contribution in [1.29, 1.82) is 5.41 Å². The summed E-state index contributed by atoms with van der Waals surface area (Å²) in [7, 11) is 0. The Labute approximate surface area is 104 Å². The van der Waals surface area contributed by atoms with Gasteiger partial charge in [0.2, 0.25) is 0 Å². The van der Waals surface area contributed by atoms with Crippen LogP contribution in [0.2, 0.25) is 0 Å². The van der Waals surface area contributed by atoms with E-state index >= 15 is 0 Å². The van der Waals surface area contributed by atoms with Gasteiger partial charge in [0.15, 0.2) is 0 Å². The lowest BCUT2D eigenvalue weighted by Crippen LogP contribution is -2.19. The molecule has 1 aliphatic rings. The summed E-state index contributed by atoms with van der Waals surface area (Å²) < 4.78 is 13.4. The van der Waals surface area contributed by atoms with Gasteiger partial charge in [0.25, 0.3) is 0 Å². The van der Waals surface area contributed by atoms with Crippen LogP contribution in [0.4, 0.5) is 4.39 Å². The summed E-state index contributed by atoms with van der Waals surface area (Å²) in [4.78, 5) is 4.58. The van der Waals surface area contributed by atoms with Crippen LogP contribution < -0.4 is 5.73 Å². The first kappa shape index (κ1) is 11.1. The first-order valence-corrected chi connectivity index (χ1v) is 6.12. The molecule has 0 radical (unpaired) electrons. The van der Waals surface area contributed by atoms with Crippen molar-refractivity contribution >= 4 is 16.7 Å². The summed E-state index contributed by atoms with van der Waals surface area (Å²) in [5.74, 6) is -0.311. The fourth-order valence-corrected chi connectivity index (χ4v) is 2.70. The minimum absolute atomic E-state index is 0.00569. The van der Waals surface area contributed by atoms with E-state index in [-0.39, 0.29) is 11.7 Å². The summed E-state index contributed by atoms with van der Waals surface area (Å²) in [6, 6.07) is 4.48. The molecule has 0 amide bonds. The van der Waals surface area contributed by atoms with Gasteiger partial charge in [-0.25, -0.2) is 4.39 Å². The number of pyridine rings is 1. The number of nitrogens with zero attached hydrogens (tertiary/aromatic N) is 1. The van der Waals surface area contributed by atoms with Crippen molar-refractivity contribution in [3.05, 3.63) is 40.8 Å². The Morgan fingerprint density at radius 1 is 1.28 bits per heavy atom. The van der Waals surface area contributed by atoms with Crippen molar-refractivity contribution in [3.8, 4) is 0 Å². The molecule has 4 heteroatoms. The Morgan fingerprint density at radius 2 is 2.06 bits per heavy atom. The second-order valence-corrected chi connectivity index (χ2v) is 4.69. The minimum atomic E-state index is -0.317. The fourth-order valence-electron chi connectivity index (χ4n) is 2.70. The Hall–Kier alpha value is -1.97. The molecule has 0 fully saturated rings. The maximum atomic E-state index is 13.4. The number of rotatable bonds is 1. The molecule has 0 unspecified atom stereocenters. The van der Waals surface area contributed by atoms with Crippen molar-refractivity contribution in [2.45, 2.75) is 25.7 Å². The molecule has 0 bridgehead atoms. The average molecular weight is 243 g/mol. The standard InChI is InChI=1S/C14H14FN3/c15-8-5-6-12-10(7-8)13(14(16)17)9-3-1-2-4-11(9)18-12/h5-7H,1-4H2,(H3,16,17). The SMILES string of the molecule is N=C(N)c1c2c(nc3ccc(F)cc13)CCCC2. The van der Waals surface area contributed by atoms with Gasteiger partial charge >= 0.3 is 0 Å². The summed E-state index contributed by atoms with van der Waals surface area (Å²) in [6.45, 7) is 0. The number of nitrogens with one attached hydrogen (secondary N) is 1. The molecule has 92 valence electrons. The Morgan fingerprint density at radius 3 is 2.83 bits per heavy atom. The number of hydrogen-bond donors (Lipinski definition) is 2. The topological polar surface area (TPSA) is 62.8 Å². The highest BCUT2D eigenvalue weighted by Gasteiger charge is 2.19. The highest BCUT2D eigenvalue weighted by Crippen LogP contribution is 2.29. The van der Waals surface area contributed by atoms with Gasteiger partial charge < -0.3 is 5.73 Å². The molecule has 1 heterocycles. The zero-order valence-corrected chi connectivity index (χ0v) is 9.96. The number of hydrogen-bond acceptors (Lipinski definition) is 2. The normalized spacial score (nSPS) is 14.5. The first-order valence-electron chi connectivity index (χ1n) is 6.12. The van der Waals surface area contributed by atoms with Crippen LogP contribution in [-0.4, -0.2) is 10.8 Å². The van der Waals surface area contributed by atoms with Gasteiger partial charge in [0, 0.05) is 16.6 Å². The molecule has 1 aromatic carbocycles. The van der Waals surface area contributed by atoms with Crippen LogP contribution in [0.25, 0.3) is 10.9 Å². The van der Waals surface area contributed by atoms with Gasteiger partial charge in [0.05, 0.1) is 5.52 Å². The van der Waals surface area contributed by atoms with E-state index in [1.807, 2.05) is 0 Å². The molecule has 3 rings (SSSR count). The predicted octanol–water partition coefficient (Wildman–Crippen LogP) is 2.54. The quantitative estimate of drug-likeness (QED) is 0.597. The van der Waals surface area contributed by atoms with Gasteiger partial charge in [0.1, 0.15) is 11.7 Å². The number of nitrogen functional groups attached to an aromatic ring is 1. The van der Waals surface area contributed by atoms with Gasteiger partial charge in [-0.1, -0.05) is 0 Å². The molecule has 3 N–H and O–H groups in total. The van der Waals surface area contributed by atoms with Crippen molar-refractivity contribution in [3.63, 3.8) is 0 Å². The maximum Gasteiger partial charge on any atom is 0.123 e. The molecular formula is C14H14FN3. The average Bonchev–Trinajstić information content (AvgIpc) is 2.35.